The number of primary amides is 1. The highest BCUT2D eigenvalue weighted by atomic mass is 16.2. The number of amides is 2. The van der Waals surface area contributed by atoms with Gasteiger partial charge in [-0.05, 0) is 79.3 Å². The number of nitrogens with zero attached hydrogens (tertiary/aromatic N) is 3. The van der Waals surface area contributed by atoms with Gasteiger partial charge in [-0.3, -0.25) is 19.5 Å². The molecule has 0 spiro atoms. The van der Waals surface area contributed by atoms with Crippen LogP contribution in [-0.2, 0) is 6.54 Å². The number of rotatable bonds is 8. The summed E-state index contributed by atoms with van der Waals surface area (Å²) < 4.78 is 0. The molecule has 0 aliphatic carbocycles. The van der Waals surface area contributed by atoms with Gasteiger partial charge < -0.3 is 10.6 Å². The van der Waals surface area contributed by atoms with E-state index in [2.05, 4.69) is 16.0 Å². The maximum Gasteiger partial charge on any atom is 0.253 e. The Morgan fingerprint density at radius 1 is 0.889 bits per heavy atom. The van der Waals surface area contributed by atoms with Crippen LogP contribution in [0.3, 0.4) is 0 Å². The van der Waals surface area contributed by atoms with Gasteiger partial charge in [-0.15, -0.1) is 0 Å². The monoisotopic (exact) mass is 482 g/mol. The minimum atomic E-state index is -0.437. The first kappa shape index (κ1) is 25.3. The summed E-state index contributed by atoms with van der Waals surface area (Å²) in [5.74, 6) is -0.396. The Kier molecular flexibility index (Phi) is 8.28. The van der Waals surface area contributed by atoms with Crippen molar-refractivity contribution in [2.24, 2.45) is 5.73 Å². The third-order valence-corrected chi connectivity index (χ3v) is 6.85. The fraction of sp³-hybridized carbons (Fsp3) is 0.300. The van der Waals surface area contributed by atoms with Crippen LogP contribution in [0.5, 0.6) is 0 Å². The van der Waals surface area contributed by atoms with Crippen molar-refractivity contribution in [3.8, 4) is 0 Å². The van der Waals surface area contributed by atoms with Crippen molar-refractivity contribution in [3.63, 3.8) is 0 Å². The molecule has 2 heterocycles. The fourth-order valence-electron chi connectivity index (χ4n) is 4.86. The fourth-order valence-corrected chi connectivity index (χ4v) is 4.86. The Bertz CT molecular complexity index is 1220. The molecule has 4 rings (SSSR count). The Morgan fingerprint density at radius 2 is 1.56 bits per heavy atom. The van der Waals surface area contributed by atoms with Crippen LogP contribution in [0.4, 0.5) is 0 Å². The number of piperidine rings is 1. The molecule has 0 radical (unpaired) electrons. The van der Waals surface area contributed by atoms with Crippen molar-refractivity contribution in [1.82, 2.24) is 14.8 Å². The van der Waals surface area contributed by atoms with Gasteiger partial charge in [-0.25, -0.2) is 0 Å². The van der Waals surface area contributed by atoms with E-state index in [1.807, 2.05) is 73.5 Å². The van der Waals surface area contributed by atoms with E-state index in [9.17, 15) is 9.59 Å². The number of hydrogen-bond acceptors (Lipinski definition) is 4. The molecule has 0 atom stereocenters. The average Bonchev–Trinajstić information content (AvgIpc) is 2.91. The van der Waals surface area contributed by atoms with Crippen LogP contribution in [-0.4, -0.2) is 52.8 Å². The third kappa shape index (κ3) is 5.89. The highest BCUT2D eigenvalue weighted by Gasteiger charge is 2.21. The second-order valence-corrected chi connectivity index (χ2v) is 9.12. The molecule has 1 aromatic heterocycles. The summed E-state index contributed by atoms with van der Waals surface area (Å²) in [6.45, 7) is 8.12. The lowest BCUT2D eigenvalue weighted by molar-refractivity contribution is 0.0772. The molecule has 6 heteroatoms. The smallest absolute Gasteiger partial charge is 0.253 e. The predicted octanol–water partition coefficient (Wildman–Crippen LogP) is 4.76. The number of likely N-dealkylation sites (tertiary alicyclic amines) is 1. The van der Waals surface area contributed by atoms with Gasteiger partial charge in [0.1, 0.15) is 0 Å². The number of aromatic nitrogens is 1. The first-order chi connectivity index (χ1) is 17.5. The molecule has 36 heavy (non-hydrogen) atoms. The first-order valence-corrected chi connectivity index (χ1v) is 12.6. The molecule has 0 saturated carbocycles. The van der Waals surface area contributed by atoms with Crippen LogP contribution >= 0.6 is 0 Å². The maximum atomic E-state index is 12.8. The molecule has 3 aromatic rings. The standard InChI is InChI=1S/C30H34N4O2/c1-3-34(4-2)30(36)25-12-10-23(11-13-25)28(26-8-5-9-27(19-26)29(31)35)24-14-17-33(18-15-24)21-22-7-6-16-32-20-22/h5-13,16,19-20H,3-4,14-15,17-18,21H2,1-2H3,(H2,31,35). The van der Waals surface area contributed by atoms with Gasteiger partial charge in [0.15, 0.2) is 0 Å². The Labute approximate surface area is 213 Å². The molecule has 1 aliphatic heterocycles. The Hall–Kier alpha value is -3.77. The number of hydrogen-bond donors (Lipinski definition) is 1. The van der Waals surface area contributed by atoms with Crippen molar-refractivity contribution in [2.45, 2.75) is 33.2 Å². The topological polar surface area (TPSA) is 79.5 Å². The molecule has 1 fully saturated rings. The van der Waals surface area contributed by atoms with Crippen LogP contribution in [0.2, 0.25) is 0 Å². The van der Waals surface area contributed by atoms with Crippen LogP contribution in [0.15, 0.2) is 78.6 Å². The summed E-state index contributed by atoms with van der Waals surface area (Å²) in [6.07, 6.45) is 5.58. The van der Waals surface area contributed by atoms with Gasteiger partial charge >= 0.3 is 0 Å². The van der Waals surface area contributed by atoms with Crippen LogP contribution < -0.4 is 5.73 Å². The van der Waals surface area contributed by atoms with E-state index in [0.29, 0.717) is 24.2 Å². The van der Waals surface area contributed by atoms with Crippen molar-refractivity contribution < 1.29 is 9.59 Å². The highest BCUT2D eigenvalue weighted by molar-refractivity contribution is 5.96. The second-order valence-electron chi connectivity index (χ2n) is 9.12. The molecule has 0 bridgehead atoms. The predicted molar refractivity (Wildman–Crippen MR) is 143 cm³/mol. The Morgan fingerprint density at radius 3 is 2.17 bits per heavy atom. The molecule has 2 aromatic carbocycles. The zero-order valence-corrected chi connectivity index (χ0v) is 21.1. The number of pyridine rings is 1. The van der Waals surface area contributed by atoms with E-state index in [0.717, 1.165) is 49.2 Å². The van der Waals surface area contributed by atoms with E-state index in [1.54, 1.807) is 12.3 Å². The van der Waals surface area contributed by atoms with Gasteiger partial charge in [-0.2, -0.15) is 0 Å². The van der Waals surface area contributed by atoms with Gasteiger partial charge in [-0.1, -0.05) is 35.9 Å². The summed E-state index contributed by atoms with van der Waals surface area (Å²) in [4.78, 5) is 33.2. The molecule has 1 aliphatic rings. The summed E-state index contributed by atoms with van der Waals surface area (Å²) in [6, 6.07) is 19.5. The van der Waals surface area contributed by atoms with E-state index < -0.39 is 5.91 Å². The largest absolute Gasteiger partial charge is 0.366 e. The molecule has 2 N–H and O–H groups in total. The summed E-state index contributed by atoms with van der Waals surface area (Å²) in [5.41, 5.74) is 12.5. The van der Waals surface area contributed by atoms with Crippen LogP contribution in [0.25, 0.3) is 5.57 Å². The number of carbonyl (C=O) groups is 2. The second kappa shape index (κ2) is 11.8. The molecular weight excluding hydrogens is 448 g/mol. The van der Waals surface area contributed by atoms with Gasteiger partial charge in [0.2, 0.25) is 5.91 Å². The van der Waals surface area contributed by atoms with Crippen molar-refractivity contribution in [3.05, 3.63) is 106 Å². The van der Waals surface area contributed by atoms with Crippen molar-refractivity contribution >= 4 is 17.4 Å². The molecule has 6 nitrogen and oxygen atoms in total. The lowest BCUT2D eigenvalue weighted by atomic mass is 9.87. The van der Waals surface area contributed by atoms with Crippen molar-refractivity contribution in [1.29, 1.82) is 0 Å². The zero-order chi connectivity index (χ0) is 25.5. The number of benzene rings is 2. The van der Waals surface area contributed by atoms with Crippen LogP contribution in [0, 0.1) is 0 Å². The summed E-state index contributed by atoms with van der Waals surface area (Å²) in [5, 5.41) is 0. The normalized spacial score (nSPS) is 13.9. The van der Waals surface area contributed by atoms with E-state index >= 15 is 0 Å². The first-order valence-electron chi connectivity index (χ1n) is 12.6. The zero-order valence-electron chi connectivity index (χ0n) is 21.1. The van der Waals surface area contributed by atoms with E-state index in [1.165, 1.54) is 11.1 Å². The highest BCUT2D eigenvalue weighted by Crippen LogP contribution is 2.33. The maximum absolute atomic E-state index is 12.8. The molecular formula is C30H34N4O2. The lowest BCUT2D eigenvalue weighted by Gasteiger charge is -2.30. The molecule has 186 valence electrons. The van der Waals surface area contributed by atoms with E-state index in [4.69, 9.17) is 5.73 Å². The summed E-state index contributed by atoms with van der Waals surface area (Å²) in [7, 11) is 0. The Balaban J connectivity index is 1.65. The van der Waals surface area contributed by atoms with Crippen molar-refractivity contribution in [2.75, 3.05) is 26.2 Å². The van der Waals surface area contributed by atoms with Gasteiger partial charge in [0.05, 0.1) is 0 Å². The third-order valence-electron chi connectivity index (χ3n) is 6.85. The SMILES string of the molecule is CCN(CC)C(=O)c1ccc(C(=C2CCN(Cc3cccnc3)CC2)c2cccc(C(N)=O)c2)cc1. The van der Waals surface area contributed by atoms with E-state index in [-0.39, 0.29) is 5.91 Å². The average molecular weight is 483 g/mol. The number of carbonyl (C=O) groups excluding carboxylic acids is 2. The van der Waals surface area contributed by atoms with Crippen LogP contribution in [0.1, 0.15) is 64.1 Å². The quantitative estimate of drug-likeness (QED) is 0.502. The minimum absolute atomic E-state index is 0.0418. The minimum Gasteiger partial charge on any atom is -0.366 e. The van der Waals surface area contributed by atoms with Gasteiger partial charge in [0, 0.05) is 56.2 Å². The molecule has 1 saturated heterocycles. The summed E-state index contributed by atoms with van der Waals surface area (Å²) >= 11 is 0. The molecule has 0 unspecified atom stereocenters. The molecule has 2 amide bonds. The van der Waals surface area contributed by atoms with Gasteiger partial charge in [0.25, 0.3) is 5.91 Å². The number of nitrogens with two attached hydrogens (primary N) is 1. The lowest BCUT2D eigenvalue weighted by Crippen LogP contribution is -2.30.